The van der Waals surface area contributed by atoms with Gasteiger partial charge in [-0.25, -0.2) is 0 Å². The van der Waals surface area contributed by atoms with E-state index < -0.39 is 0 Å². The molecule has 1 aromatic heterocycles. The molecule has 0 saturated heterocycles. The predicted molar refractivity (Wildman–Crippen MR) is 102 cm³/mol. The van der Waals surface area contributed by atoms with Gasteiger partial charge in [-0.2, -0.15) is 4.98 Å². The van der Waals surface area contributed by atoms with E-state index in [4.69, 9.17) is 9.15 Å². The SMILES string of the molecule is CC1=CC(N(C(=O)COc2nc3ccccc3o2)C(C)C)=CC(C)(C)C1. The monoisotopic (exact) mass is 354 g/mol. The van der Waals surface area contributed by atoms with Gasteiger partial charge in [-0.3, -0.25) is 4.79 Å². The van der Waals surface area contributed by atoms with Crippen molar-refractivity contribution in [2.45, 2.75) is 47.1 Å². The van der Waals surface area contributed by atoms with Crippen LogP contribution in [0.4, 0.5) is 0 Å². The molecule has 0 unspecified atom stereocenters. The molecule has 2 aromatic rings. The van der Waals surface area contributed by atoms with Crippen molar-refractivity contribution >= 4 is 17.0 Å². The van der Waals surface area contributed by atoms with Crippen molar-refractivity contribution in [1.82, 2.24) is 9.88 Å². The fraction of sp³-hybridized carbons (Fsp3) is 0.429. The number of carbonyl (C=O) groups excluding carboxylic acids is 1. The number of hydrogen-bond donors (Lipinski definition) is 0. The van der Waals surface area contributed by atoms with Gasteiger partial charge in [0.1, 0.15) is 5.52 Å². The van der Waals surface area contributed by atoms with Crippen molar-refractivity contribution in [2.75, 3.05) is 6.61 Å². The predicted octanol–water partition coefficient (Wildman–Crippen LogP) is 4.70. The molecule has 0 saturated carbocycles. The Morgan fingerprint density at radius 3 is 2.73 bits per heavy atom. The first-order chi connectivity index (χ1) is 12.2. The number of benzene rings is 1. The number of fused-ring (bicyclic) bond motifs is 1. The van der Waals surface area contributed by atoms with Gasteiger partial charge in [-0.15, -0.1) is 0 Å². The highest BCUT2D eigenvalue weighted by atomic mass is 16.6. The zero-order valence-corrected chi connectivity index (χ0v) is 16.1. The molecule has 5 nitrogen and oxygen atoms in total. The summed E-state index contributed by atoms with van der Waals surface area (Å²) in [6, 6.07) is 7.44. The number of oxazole rings is 1. The maximum absolute atomic E-state index is 12.9. The molecule has 0 atom stereocenters. The summed E-state index contributed by atoms with van der Waals surface area (Å²) in [5, 5.41) is 0. The van der Waals surface area contributed by atoms with Crippen molar-refractivity contribution in [2.24, 2.45) is 5.41 Å². The summed E-state index contributed by atoms with van der Waals surface area (Å²) in [5.74, 6) is -0.116. The van der Waals surface area contributed by atoms with Crippen LogP contribution in [0.25, 0.3) is 11.1 Å². The van der Waals surface area contributed by atoms with Crippen LogP contribution >= 0.6 is 0 Å². The summed E-state index contributed by atoms with van der Waals surface area (Å²) in [5.41, 5.74) is 3.59. The van der Waals surface area contributed by atoms with Gasteiger partial charge in [-0.1, -0.05) is 37.6 Å². The summed E-state index contributed by atoms with van der Waals surface area (Å²) in [4.78, 5) is 18.9. The standard InChI is InChI=1S/C21H26N2O3/c1-14(2)23(16-10-15(3)11-21(4,5)12-16)19(24)13-25-20-22-17-8-6-7-9-18(17)26-20/h6-10,12,14H,11,13H2,1-5H3. The van der Waals surface area contributed by atoms with Gasteiger partial charge in [0, 0.05) is 11.7 Å². The Bertz CT molecular complexity index is 841. The lowest BCUT2D eigenvalue weighted by molar-refractivity contribution is -0.133. The number of aromatic nitrogens is 1. The van der Waals surface area contributed by atoms with Crippen LogP contribution in [0.15, 0.2) is 52.1 Å². The van der Waals surface area contributed by atoms with Gasteiger partial charge < -0.3 is 14.1 Å². The Morgan fingerprint density at radius 2 is 2.08 bits per heavy atom. The van der Waals surface area contributed by atoms with Gasteiger partial charge in [0.15, 0.2) is 12.2 Å². The van der Waals surface area contributed by atoms with Crippen LogP contribution in [0.1, 0.15) is 41.0 Å². The molecule has 5 heteroatoms. The molecule has 1 aromatic carbocycles. The zero-order valence-electron chi connectivity index (χ0n) is 16.1. The second kappa shape index (κ2) is 6.98. The minimum atomic E-state index is -0.116. The molecule has 0 bridgehead atoms. The van der Waals surface area contributed by atoms with E-state index in [1.165, 1.54) is 5.57 Å². The maximum atomic E-state index is 12.9. The van der Waals surface area contributed by atoms with Crippen molar-refractivity contribution in [3.8, 4) is 6.08 Å². The van der Waals surface area contributed by atoms with Crippen LogP contribution in [0.3, 0.4) is 0 Å². The van der Waals surface area contributed by atoms with Gasteiger partial charge in [0.25, 0.3) is 5.91 Å². The highest BCUT2D eigenvalue weighted by Crippen LogP contribution is 2.34. The molecule has 0 N–H and O–H groups in total. The van der Waals surface area contributed by atoms with Crippen LogP contribution in [0.5, 0.6) is 6.08 Å². The first-order valence-electron chi connectivity index (χ1n) is 8.96. The summed E-state index contributed by atoms with van der Waals surface area (Å²) in [7, 11) is 0. The van der Waals surface area contributed by atoms with E-state index in [1.54, 1.807) is 4.90 Å². The minimum Gasteiger partial charge on any atom is -0.440 e. The molecule has 1 heterocycles. The van der Waals surface area contributed by atoms with Crippen molar-refractivity contribution < 1.29 is 13.9 Å². The number of hydrogen-bond acceptors (Lipinski definition) is 4. The largest absolute Gasteiger partial charge is 0.440 e. The summed E-state index contributed by atoms with van der Waals surface area (Å²) >= 11 is 0. The molecule has 1 aliphatic carbocycles. The van der Waals surface area contributed by atoms with E-state index in [0.29, 0.717) is 11.1 Å². The fourth-order valence-corrected chi connectivity index (χ4v) is 3.49. The molecule has 0 radical (unpaired) electrons. The van der Waals surface area contributed by atoms with E-state index >= 15 is 0 Å². The van der Waals surface area contributed by atoms with Crippen LogP contribution in [-0.2, 0) is 4.79 Å². The molecular weight excluding hydrogens is 328 g/mol. The summed E-state index contributed by atoms with van der Waals surface area (Å²) < 4.78 is 11.1. The van der Waals surface area contributed by atoms with Crippen LogP contribution in [-0.4, -0.2) is 28.4 Å². The van der Waals surface area contributed by atoms with Crippen LogP contribution < -0.4 is 4.74 Å². The van der Waals surface area contributed by atoms with E-state index in [2.05, 4.69) is 37.9 Å². The first kappa shape index (κ1) is 18.2. The molecule has 0 aliphatic heterocycles. The maximum Gasteiger partial charge on any atom is 0.395 e. The lowest BCUT2D eigenvalue weighted by atomic mass is 9.81. The lowest BCUT2D eigenvalue weighted by Crippen LogP contribution is -2.40. The van der Waals surface area contributed by atoms with E-state index in [1.807, 2.05) is 38.1 Å². The van der Waals surface area contributed by atoms with Gasteiger partial charge in [0.05, 0.1) is 0 Å². The molecule has 0 spiro atoms. The quantitative estimate of drug-likeness (QED) is 0.781. The Morgan fingerprint density at radius 1 is 1.35 bits per heavy atom. The third kappa shape index (κ3) is 3.98. The smallest absolute Gasteiger partial charge is 0.395 e. The van der Waals surface area contributed by atoms with Gasteiger partial charge in [0.2, 0.25) is 0 Å². The number of ether oxygens (including phenoxy) is 1. The number of para-hydroxylation sites is 2. The van der Waals surface area contributed by atoms with E-state index in [-0.39, 0.29) is 30.0 Å². The molecule has 1 aliphatic rings. The average Bonchev–Trinajstić information content (AvgIpc) is 2.93. The van der Waals surface area contributed by atoms with Crippen LogP contribution in [0.2, 0.25) is 0 Å². The molecule has 0 fully saturated rings. The summed E-state index contributed by atoms with van der Waals surface area (Å²) in [6.07, 6.45) is 5.36. The van der Waals surface area contributed by atoms with Gasteiger partial charge >= 0.3 is 6.08 Å². The Kier molecular flexibility index (Phi) is 4.90. The average molecular weight is 354 g/mol. The first-order valence-corrected chi connectivity index (χ1v) is 8.96. The van der Waals surface area contributed by atoms with Crippen molar-refractivity contribution in [3.63, 3.8) is 0 Å². The Hall–Kier alpha value is -2.56. The lowest BCUT2D eigenvalue weighted by Gasteiger charge is -2.34. The number of rotatable bonds is 5. The molecule has 1 amide bonds. The third-order valence-corrected chi connectivity index (χ3v) is 4.32. The Balaban J connectivity index is 1.76. The second-order valence-corrected chi connectivity index (χ2v) is 7.82. The van der Waals surface area contributed by atoms with Gasteiger partial charge in [-0.05, 0) is 50.8 Å². The normalized spacial score (nSPS) is 16.4. The number of amides is 1. The van der Waals surface area contributed by atoms with Crippen molar-refractivity contribution in [1.29, 1.82) is 0 Å². The summed E-state index contributed by atoms with van der Waals surface area (Å²) in [6.45, 7) is 10.4. The molecule has 3 rings (SSSR count). The number of allylic oxidation sites excluding steroid dienone is 3. The molecular formula is C21H26N2O3. The second-order valence-electron chi connectivity index (χ2n) is 7.82. The highest BCUT2D eigenvalue weighted by molar-refractivity contribution is 5.80. The van der Waals surface area contributed by atoms with Crippen LogP contribution in [0, 0.1) is 5.41 Å². The molecule has 26 heavy (non-hydrogen) atoms. The van der Waals surface area contributed by atoms with E-state index in [0.717, 1.165) is 12.1 Å². The number of nitrogens with zero attached hydrogens (tertiary/aromatic N) is 2. The number of carbonyl (C=O) groups is 1. The minimum absolute atomic E-state index is 0.0268. The molecule has 138 valence electrons. The third-order valence-electron chi connectivity index (χ3n) is 4.32. The highest BCUT2D eigenvalue weighted by Gasteiger charge is 2.27. The van der Waals surface area contributed by atoms with Crippen molar-refractivity contribution in [3.05, 3.63) is 47.7 Å². The topological polar surface area (TPSA) is 55.6 Å². The van der Waals surface area contributed by atoms with E-state index in [9.17, 15) is 4.79 Å². The zero-order chi connectivity index (χ0) is 18.9. The Labute approximate surface area is 154 Å². The fourth-order valence-electron chi connectivity index (χ4n) is 3.49.